The summed E-state index contributed by atoms with van der Waals surface area (Å²) in [5.74, 6) is 0.0459. The molecule has 0 amide bonds. The van der Waals surface area contributed by atoms with Crippen LogP contribution in [0.15, 0.2) is 18.2 Å². The van der Waals surface area contributed by atoms with Gasteiger partial charge in [0.25, 0.3) is 0 Å². The Kier molecular flexibility index (Phi) is 3.66. The lowest BCUT2D eigenvalue weighted by Crippen LogP contribution is -2.32. The smallest absolute Gasteiger partial charge is 0.155 e. The Balaban J connectivity index is 2.80. The van der Waals surface area contributed by atoms with Crippen LogP contribution in [0.3, 0.4) is 0 Å². The van der Waals surface area contributed by atoms with Crippen LogP contribution in [0.2, 0.25) is 0 Å². The van der Waals surface area contributed by atoms with Gasteiger partial charge in [-0.3, -0.25) is 5.41 Å². The number of ether oxygens (including phenoxy) is 1. The Bertz CT molecular complexity index is 366. The van der Waals surface area contributed by atoms with Crippen LogP contribution in [-0.2, 0) is 0 Å². The summed E-state index contributed by atoms with van der Waals surface area (Å²) in [6.07, 6.45) is 0.109. The van der Waals surface area contributed by atoms with E-state index in [1.54, 1.807) is 19.1 Å². The molecule has 3 N–H and O–H groups in total. The average Bonchev–Trinajstić information content (AvgIpc) is 2.19. The van der Waals surface area contributed by atoms with E-state index in [1.807, 2.05) is 6.92 Å². The van der Waals surface area contributed by atoms with Crippen LogP contribution in [-0.4, -0.2) is 11.9 Å². The van der Waals surface area contributed by atoms with Gasteiger partial charge in [0.05, 0.1) is 0 Å². The molecule has 0 aliphatic carbocycles. The summed E-state index contributed by atoms with van der Waals surface area (Å²) < 4.78 is 18.5. The van der Waals surface area contributed by atoms with Crippen molar-refractivity contribution in [1.82, 2.24) is 0 Å². The molecule has 0 radical (unpaired) electrons. The molecule has 1 rings (SSSR count). The van der Waals surface area contributed by atoms with Gasteiger partial charge in [-0.05, 0) is 25.0 Å². The van der Waals surface area contributed by atoms with Crippen LogP contribution in [0.25, 0.3) is 0 Å². The molecular formula is C11H15FN2O. The van der Waals surface area contributed by atoms with Gasteiger partial charge in [-0.15, -0.1) is 0 Å². The fraction of sp³-hybridized carbons (Fsp3) is 0.364. The Morgan fingerprint density at radius 2 is 2.27 bits per heavy atom. The number of hydrogen-bond acceptors (Lipinski definition) is 2. The molecule has 82 valence electrons. The van der Waals surface area contributed by atoms with Crippen molar-refractivity contribution >= 4 is 5.84 Å². The topological polar surface area (TPSA) is 59.1 Å². The zero-order chi connectivity index (χ0) is 11.4. The van der Waals surface area contributed by atoms with Gasteiger partial charge in [-0.25, -0.2) is 4.39 Å². The third kappa shape index (κ3) is 2.94. The maximum Gasteiger partial charge on any atom is 0.155 e. The molecule has 0 bridgehead atoms. The highest BCUT2D eigenvalue weighted by atomic mass is 19.1. The van der Waals surface area contributed by atoms with Gasteiger partial charge in [-0.1, -0.05) is 13.0 Å². The van der Waals surface area contributed by atoms with Crippen molar-refractivity contribution in [2.24, 2.45) is 5.73 Å². The minimum atomic E-state index is -0.480. The first-order valence-electron chi connectivity index (χ1n) is 4.81. The second kappa shape index (κ2) is 4.77. The number of rotatable bonds is 4. The second-order valence-corrected chi connectivity index (χ2v) is 3.38. The molecule has 1 unspecified atom stereocenters. The Labute approximate surface area is 88.6 Å². The minimum absolute atomic E-state index is 0.0431. The fourth-order valence-electron chi connectivity index (χ4n) is 1.18. The molecule has 15 heavy (non-hydrogen) atoms. The van der Waals surface area contributed by atoms with E-state index in [0.717, 1.165) is 0 Å². The van der Waals surface area contributed by atoms with E-state index in [-0.39, 0.29) is 11.7 Å². The Morgan fingerprint density at radius 1 is 1.60 bits per heavy atom. The van der Waals surface area contributed by atoms with Crippen LogP contribution in [0.5, 0.6) is 5.75 Å². The summed E-state index contributed by atoms with van der Waals surface area (Å²) in [4.78, 5) is 0. The van der Waals surface area contributed by atoms with Gasteiger partial charge >= 0.3 is 0 Å². The van der Waals surface area contributed by atoms with Gasteiger partial charge in [0.2, 0.25) is 0 Å². The van der Waals surface area contributed by atoms with Crippen molar-refractivity contribution in [2.75, 3.05) is 0 Å². The minimum Gasteiger partial charge on any atom is -0.482 e. The van der Waals surface area contributed by atoms with Gasteiger partial charge in [0, 0.05) is 6.07 Å². The summed E-state index contributed by atoms with van der Waals surface area (Å²) in [5.41, 5.74) is 5.90. The summed E-state index contributed by atoms with van der Waals surface area (Å²) in [6.45, 7) is 3.54. The first kappa shape index (κ1) is 11.5. The third-order valence-corrected chi connectivity index (χ3v) is 2.14. The predicted octanol–water partition coefficient (Wildman–Crippen LogP) is 2.23. The third-order valence-electron chi connectivity index (χ3n) is 2.14. The zero-order valence-electron chi connectivity index (χ0n) is 8.88. The summed E-state index contributed by atoms with van der Waals surface area (Å²) >= 11 is 0. The first-order chi connectivity index (χ1) is 7.04. The Hall–Kier alpha value is -1.58. The molecule has 0 aliphatic rings. The van der Waals surface area contributed by atoms with Gasteiger partial charge in [0.15, 0.2) is 6.10 Å². The van der Waals surface area contributed by atoms with E-state index in [4.69, 9.17) is 15.9 Å². The van der Waals surface area contributed by atoms with Crippen molar-refractivity contribution in [2.45, 2.75) is 26.4 Å². The van der Waals surface area contributed by atoms with E-state index in [9.17, 15) is 4.39 Å². The maximum absolute atomic E-state index is 13.2. The van der Waals surface area contributed by atoms with Gasteiger partial charge in [0.1, 0.15) is 17.4 Å². The quantitative estimate of drug-likeness (QED) is 0.591. The van der Waals surface area contributed by atoms with E-state index in [1.165, 1.54) is 6.07 Å². The fourth-order valence-corrected chi connectivity index (χ4v) is 1.18. The molecule has 0 fully saturated rings. The summed E-state index contributed by atoms with van der Waals surface area (Å²) in [5, 5.41) is 7.26. The molecule has 1 aromatic rings. The molecule has 4 heteroatoms. The molecular weight excluding hydrogens is 195 g/mol. The Morgan fingerprint density at radius 3 is 2.73 bits per heavy atom. The van der Waals surface area contributed by atoms with Crippen molar-refractivity contribution in [3.05, 3.63) is 29.6 Å². The lowest BCUT2D eigenvalue weighted by molar-refractivity contribution is 0.259. The number of amidine groups is 1. The standard InChI is InChI=1S/C11H15FN2O/c1-3-10(11(13)14)15-8-5-4-7(2)9(12)6-8/h4-6,10H,3H2,1-2H3,(H3,13,14). The van der Waals surface area contributed by atoms with Gasteiger partial charge < -0.3 is 10.5 Å². The molecule has 0 aromatic heterocycles. The van der Waals surface area contributed by atoms with Crippen LogP contribution < -0.4 is 10.5 Å². The van der Waals surface area contributed by atoms with Crippen LogP contribution in [0.1, 0.15) is 18.9 Å². The zero-order valence-corrected chi connectivity index (χ0v) is 8.88. The SMILES string of the molecule is CCC(Oc1ccc(C)c(F)c1)C(=N)N. The highest BCUT2D eigenvalue weighted by molar-refractivity contribution is 5.81. The molecule has 0 aliphatic heterocycles. The van der Waals surface area contributed by atoms with E-state index in [0.29, 0.717) is 17.7 Å². The van der Waals surface area contributed by atoms with Crippen molar-refractivity contribution < 1.29 is 9.13 Å². The van der Waals surface area contributed by atoms with Crippen molar-refractivity contribution in [3.63, 3.8) is 0 Å². The van der Waals surface area contributed by atoms with Crippen molar-refractivity contribution in [1.29, 1.82) is 5.41 Å². The van der Waals surface area contributed by atoms with Crippen LogP contribution >= 0.6 is 0 Å². The molecule has 0 spiro atoms. The normalized spacial score (nSPS) is 12.2. The van der Waals surface area contributed by atoms with Crippen LogP contribution in [0, 0.1) is 18.2 Å². The average molecular weight is 210 g/mol. The lowest BCUT2D eigenvalue weighted by Gasteiger charge is -2.16. The highest BCUT2D eigenvalue weighted by Gasteiger charge is 2.11. The van der Waals surface area contributed by atoms with Crippen LogP contribution in [0.4, 0.5) is 4.39 Å². The molecule has 3 nitrogen and oxygen atoms in total. The number of nitrogens with two attached hydrogens (primary N) is 1. The number of aryl methyl sites for hydroxylation is 1. The molecule has 1 aromatic carbocycles. The maximum atomic E-state index is 13.2. The number of nitrogens with one attached hydrogen (secondary N) is 1. The monoisotopic (exact) mass is 210 g/mol. The molecule has 1 atom stereocenters. The first-order valence-corrected chi connectivity index (χ1v) is 4.81. The lowest BCUT2D eigenvalue weighted by atomic mass is 10.2. The molecule has 0 heterocycles. The van der Waals surface area contributed by atoms with Crippen molar-refractivity contribution in [3.8, 4) is 5.75 Å². The number of benzene rings is 1. The largest absolute Gasteiger partial charge is 0.482 e. The molecule has 0 saturated heterocycles. The predicted molar refractivity (Wildman–Crippen MR) is 57.8 cm³/mol. The van der Waals surface area contributed by atoms with E-state index >= 15 is 0 Å². The van der Waals surface area contributed by atoms with E-state index < -0.39 is 6.10 Å². The van der Waals surface area contributed by atoms with Gasteiger partial charge in [-0.2, -0.15) is 0 Å². The number of halogens is 1. The second-order valence-electron chi connectivity index (χ2n) is 3.38. The summed E-state index contributed by atoms with van der Waals surface area (Å²) in [6, 6.07) is 4.61. The van der Waals surface area contributed by atoms with E-state index in [2.05, 4.69) is 0 Å². The number of hydrogen-bond donors (Lipinski definition) is 2. The summed E-state index contributed by atoms with van der Waals surface area (Å²) in [7, 11) is 0. The highest BCUT2D eigenvalue weighted by Crippen LogP contribution is 2.17. The molecule has 0 saturated carbocycles.